The molecule has 1 aromatic heterocycles. The molecule has 0 spiro atoms. The highest BCUT2D eigenvalue weighted by Gasteiger charge is 2.22. The number of piperidine rings is 1. The zero-order valence-corrected chi connectivity index (χ0v) is 12.9. The van der Waals surface area contributed by atoms with Crippen molar-refractivity contribution in [3.8, 4) is 0 Å². The average Bonchev–Trinajstić information content (AvgIpc) is 2.45. The van der Waals surface area contributed by atoms with Gasteiger partial charge in [0.25, 0.3) is 0 Å². The number of hydrogen-bond donors (Lipinski definition) is 0. The molecule has 1 fully saturated rings. The molecule has 0 aromatic carbocycles. The maximum absolute atomic E-state index is 6.06. The summed E-state index contributed by atoms with van der Waals surface area (Å²) in [5.41, 5.74) is 0. The van der Waals surface area contributed by atoms with Gasteiger partial charge in [0.15, 0.2) is 5.82 Å². The molecular weight excluding hydrogens is 278 g/mol. The molecular formula is C14H22ClN3O2. The summed E-state index contributed by atoms with van der Waals surface area (Å²) in [4.78, 5) is 10.9. The first kappa shape index (κ1) is 15.5. The third kappa shape index (κ3) is 4.30. The minimum atomic E-state index is 0.281. The number of ether oxygens (including phenoxy) is 2. The van der Waals surface area contributed by atoms with Crippen LogP contribution in [-0.2, 0) is 16.1 Å². The van der Waals surface area contributed by atoms with E-state index in [9.17, 15) is 0 Å². The molecule has 1 unspecified atom stereocenters. The van der Waals surface area contributed by atoms with E-state index in [2.05, 4.69) is 21.8 Å². The number of aromatic nitrogens is 2. The molecule has 0 N–H and O–H groups in total. The van der Waals surface area contributed by atoms with E-state index in [0.29, 0.717) is 17.6 Å². The van der Waals surface area contributed by atoms with Gasteiger partial charge in [-0.05, 0) is 19.3 Å². The minimum absolute atomic E-state index is 0.281. The predicted molar refractivity (Wildman–Crippen MR) is 79.2 cm³/mol. The van der Waals surface area contributed by atoms with Gasteiger partial charge < -0.3 is 14.4 Å². The molecule has 1 aliphatic heterocycles. The highest BCUT2D eigenvalue weighted by atomic mass is 35.5. The second-order valence-electron chi connectivity index (χ2n) is 4.98. The Morgan fingerprint density at radius 1 is 1.45 bits per heavy atom. The van der Waals surface area contributed by atoms with E-state index in [0.717, 1.165) is 44.8 Å². The number of methoxy groups -OCH3 is 1. The third-order valence-electron chi connectivity index (χ3n) is 3.26. The van der Waals surface area contributed by atoms with Crippen molar-refractivity contribution in [2.45, 2.75) is 38.9 Å². The summed E-state index contributed by atoms with van der Waals surface area (Å²) in [6.07, 6.45) is 3.55. The fraction of sp³-hybridized carbons (Fsp3) is 0.714. The molecule has 2 rings (SSSR count). The van der Waals surface area contributed by atoms with Crippen molar-refractivity contribution < 1.29 is 9.47 Å². The lowest BCUT2D eigenvalue weighted by Crippen LogP contribution is -2.40. The first-order valence-corrected chi connectivity index (χ1v) is 7.49. The van der Waals surface area contributed by atoms with Crippen LogP contribution in [0.2, 0.25) is 5.15 Å². The highest BCUT2D eigenvalue weighted by Crippen LogP contribution is 2.22. The maximum atomic E-state index is 6.06. The smallest absolute Gasteiger partial charge is 0.158 e. The van der Waals surface area contributed by atoms with Crippen LogP contribution < -0.4 is 4.90 Å². The Kier molecular flexibility index (Phi) is 6.01. The van der Waals surface area contributed by atoms with Gasteiger partial charge in [-0.15, -0.1) is 0 Å². The molecule has 20 heavy (non-hydrogen) atoms. The molecule has 0 amide bonds. The highest BCUT2D eigenvalue weighted by molar-refractivity contribution is 6.29. The molecule has 0 bridgehead atoms. The van der Waals surface area contributed by atoms with Crippen LogP contribution >= 0.6 is 11.6 Å². The van der Waals surface area contributed by atoms with Crippen molar-refractivity contribution in [1.82, 2.24) is 9.97 Å². The van der Waals surface area contributed by atoms with E-state index in [-0.39, 0.29) is 6.10 Å². The van der Waals surface area contributed by atoms with E-state index in [1.165, 1.54) is 0 Å². The van der Waals surface area contributed by atoms with Crippen LogP contribution in [0.3, 0.4) is 0 Å². The predicted octanol–water partition coefficient (Wildman–Crippen LogP) is 2.67. The molecule has 0 radical (unpaired) electrons. The fourth-order valence-corrected chi connectivity index (χ4v) is 2.57. The van der Waals surface area contributed by atoms with Gasteiger partial charge in [0.1, 0.15) is 17.6 Å². The molecule has 1 saturated heterocycles. The number of rotatable bonds is 6. The van der Waals surface area contributed by atoms with Crippen LogP contribution in [0.15, 0.2) is 6.07 Å². The molecule has 0 aliphatic carbocycles. The topological polar surface area (TPSA) is 47.5 Å². The zero-order chi connectivity index (χ0) is 14.4. The van der Waals surface area contributed by atoms with E-state index in [1.54, 1.807) is 7.11 Å². The molecule has 1 atom stereocenters. The summed E-state index contributed by atoms with van der Waals surface area (Å²) in [7, 11) is 1.62. The fourth-order valence-electron chi connectivity index (χ4n) is 2.37. The average molecular weight is 300 g/mol. The molecule has 5 nitrogen and oxygen atoms in total. The summed E-state index contributed by atoms with van der Waals surface area (Å²) >= 11 is 6.06. The van der Waals surface area contributed by atoms with Crippen LogP contribution in [-0.4, -0.2) is 42.9 Å². The second-order valence-corrected chi connectivity index (χ2v) is 5.37. The van der Waals surface area contributed by atoms with E-state index < -0.39 is 0 Å². The van der Waals surface area contributed by atoms with Crippen LogP contribution in [0.1, 0.15) is 32.0 Å². The molecule has 112 valence electrons. The van der Waals surface area contributed by atoms with Crippen LogP contribution in [0.25, 0.3) is 0 Å². The van der Waals surface area contributed by atoms with Crippen molar-refractivity contribution >= 4 is 17.4 Å². The van der Waals surface area contributed by atoms with Gasteiger partial charge in [0, 0.05) is 32.9 Å². The Labute approximate surface area is 125 Å². The van der Waals surface area contributed by atoms with Gasteiger partial charge in [-0.1, -0.05) is 18.5 Å². The third-order valence-corrected chi connectivity index (χ3v) is 3.45. The first-order chi connectivity index (χ1) is 9.72. The summed E-state index contributed by atoms with van der Waals surface area (Å²) in [5.74, 6) is 1.48. The summed E-state index contributed by atoms with van der Waals surface area (Å²) in [5, 5.41) is 0.457. The van der Waals surface area contributed by atoms with Crippen LogP contribution in [0.4, 0.5) is 5.82 Å². The Morgan fingerprint density at radius 2 is 2.30 bits per heavy atom. The van der Waals surface area contributed by atoms with Crippen molar-refractivity contribution in [1.29, 1.82) is 0 Å². The van der Waals surface area contributed by atoms with Crippen molar-refractivity contribution in [2.75, 3.05) is 31.7 Å². The lowest BCUT2D eigenvalue weighted by Gasteiger charge is -2.33. The number of anilines is 1. The van der Waals surface area contributed by atoms with Gasteiger partial charge in [-0.25, -0.2) is 9.97 Å². The standard InChI is InChI=1S/C14H22ClN3O2/c1-3-7-20-11-5-4-6-18(9-11)14-8-12(15)16-13(17-14)10-19-2/h8,11H,3-7,9-10H2,1-2H3. The number of halogens is 1. The Balaban J connectivity index is 2.05. The monoisotopic (exact) mass is 299 g/mol. The summed E-state index contributed by atoms with van der Waals surface area (Å²) < 4.78 is 10.9. The summed E-state index contributed by atoms with van der Waals surface area (Å²) in [6.45, 7) is 5.16. The van der Waals surface area contributed by atoms with E-state index >= 15 is 0 Å². The Bertz CT molecular complexity index is 431. The van der Waals surface area contributed by atoms with Crippen molar-refractivity contribution in [2.24, 2.45) is 0 Å². The Hall–Kier alpha value is -0.910. The van der Waals surface area contributed by atoms with Gasteiger partial charge in [0.2, 0.25) is 0 Å². The molecule has 1 aromatic rings. The van der Waals surface area contributed by atoms with Crippen molar-refractivity contribution in [3.63, 3.8) is 0 Å². The van der Waals surface area contributed by atoms with Gasteiger partial charge in [-0.3, -0.25) is 0 Å². The Morgan fingerprint density at radius 3 is 3.05 bits per heavy atom. The normalized spacial score (nSPS) is 19.4. The largest absolute Gasteiger partial charge is 0.377 e. The molecule has 2 heterocycles. The van der Waals surface area contributed by atoms with Crippen LogP contribution in [0.5, 0.6) is 0 Å². The van der Waals surface area contributed by atoms with E-state index in [4.69, 9.17) is 21.1 Å². The quantitative estimate of drug-likeness (QED) is 0.756. The second kappa shape index (κ2) is 7.76. The van der Waals surface area contributed by atoms with Gasteiger partial charge in [0.05, 0.1) is 6.10 Å². The summed E-state index contributed by atoms with van der Waals surface area (Å²) in [6, 6.07) is 1.81. The lowest BCUT2D eigenvalue weighted by atomic mass is 10.1. The van der Waals surface area contributed by atoms with Crippen molar-refractivity contribution in [3.05, 3.63) is 17.0 Å². The first-order valence-electron chi connectivity index (χ1n) is 7.12. The lowest BCUT2D eigenvalue weighted by molar-refractivity contribution is 0.0439. The molecule has 0 saturated carbocycles. The van der Waals surface area contributed by atoms with E-state index in [1.807, 2.05) is 6.07 Å². The number of hydrogen-bond acceptors (Lipinski definition) is 5. The maximum Gasteiger partial charge on any atom is 0.158 e. The van der Waals surface area contributed by atoms with Gasteiger partial charge >= 0.3 is 0 Å². The molecule has 6 heteroatoms. The van der Waals surface area contributed by atoms with Gasteiger partial charge in [-0.2, -0.15) is 0 Å². The zero-order valence-electron chi connectivity index (χ0n) is 12.1. The SMILES string of the molecule is CCCOC1CCCN(c2cc(Cl)nc(COC)n2)C1. The van der Waals surface area contributed by atoms with Crippen LogP contribution in [0, 0.1) is 0 Å². The molecule has 1 aliphatic rings. The minimum Gasteiger partial charge on any atom is -0.377 e. The number of nitrogens with zero attached hydrogens (tertiary/aromatic N) is 3.